The molecule has 0 bridgehead atoms. The Balaban J connectivity index is 3.15. The normalized spacial score (nSPS) is 9.67. The number of para-hydroxylation sites is 1. The highest BCUT2D eigenvalue weighted by atomic mass is 16.5. The first kappa shape index (κ1) is 11.0. The van der Waals surface area contributed by atoms with Gasteiger partial charge in [-0.1, -0.05) is 6.07 Å². The van der Waals surface area contributed by atoms with Gasteiger partial charge in [0.15, 0.2) is 0 Å². The fourth-order valence-corrected chi connectivity index (χ4v) is 1.12. The number of primary amides is 1. The molecule has 0 spiro atoms. The van der Waals surface area contributed by atoms with Crippen LogP contribution in [0.2, 0.25) is 0 Å². The number of ether oxygens (including phenoxy) is 1. The van der Waals surface area contributed by atoms with Gasteiger partial charge in [0.2, 0.25) is 0 Å². The highest BCUT2D eigenvalue weighted by molar-refractivity contribution is 6.01. The van der Waals surface area contributed by atoms with Crippen LogP contribution in [0.15, 0.2) is 18.2 Å². The van der Waals surface area contributed by atoms with E-state index < -0.39 is 17.6 Å². The minimum Gasteiger partial charge on any atom is -0.506 e. The summed E-state index contributed by atoms with van der Waals surface area (Å²) in [7, 11) is 0. The summed E-state index contributed by atoms with van der Waals surface area (Å²) in [6.07, 6.45) is 0. The van der Waals surface area contributed by atoms with Crippen molar-refractivity contribution in [1.82, 2.24) is 0 Å². The predicted molar refractivity (Wildman–Crippen MR) is 52.6 cm³/mol. The molecule has 0 radical (unpaired) electrons. The number of nitrogens with two attached hydrogens (primary N) is 1. The maximum Gasteiger partial charge on any atom is 0.341 e. The molecule has 80 valence electrons. The molecule has 0 aliphatic rings. The maximum atomic E-state index is 11.3. The van der Waals surface area contributed by atoms with Gasteiger partial charge in [0.1, 0.15) is 11.3 Å². The summed E-state index contributed by atoms with van der Waals surface area (Å²) in [5.74, 6) is -1.92. The van der Waals surface area contributed by atoms with Crippen molar-refractivity contribution in [3.8, 4) is 5.75 Å². The Morgan fingerprint density at radius 1 is 1.40 bits per heavy atom. The summed E-state index contributed by atoms with van der Waals surface area (Å²) < 4.78 is 4.69. The molecule has 0 heterocycles. The summed E-state index contributed by atoms with van der Waals surface area (Å²) in [5.41, 5.74) is 4.85. The Kier molecular flexibility index (Phi) is 3.28. The molecule has 0 atom stereocenters. The third-order valence-corrected chi connectivity index (χ3v) is 1.80. The molecule has 1 rings (SSSR count). The number of carbonyl (C=O) groups is 2. The van der Waals surface area contributed by atoms with Crippen LogP contribution >= 0.6 is 0 Å². The van der Waals surface area contributed by atoms with Crippen LogP contribution in [0.4, 0.5) is 0 Å². The maximum absolute atomic E-state index is 11.3. The zero-order chi connectivity index (χ0) is 11.4. The van der Waals surface area contributed by atoms with E-state index in [-0.39, 0.29) is 17.7 Å². The van der Waals surface area contributed by atoms with Crippen molar-refractivity contribution in [2.24, 2.45) is 5.73 Å². The Hall–Kier alpha value is -2.04. The summed E-state index contributed by atoms with van der Waals surface area (Å²) in [4.78, 5) is 22.2. The molecular formula is C10H11NO4. The number of benzene rings is 1. The lowest BCUT2D eigenvalue weighted by molar-refractivity contribution is 0.0523. The lowest BCUT2D eigenvalue weighted by atomic mass is 10.1. The van der Waals surface area contributed by atoms with E-state index in [1.807, 2.05) is 0 Å². The van der Waals surface area contributed by atoms with Crippen LogP contribution in [0.3, 0.4) is 0 Å². The summed E-state index contributed by atoms with van der Waals surface area (Å²) in [6.45, 7) is 1.84. The van der Waals surface area contributed by atoms with Crippen LogP contribution in [0.1, 0.15) is 27.6 Å². The largest absolute Gasteiger partial charge is 0.506 e. The first-order chi connectivity index (χ1) is 7.07. The number of aromatic hydroxyl groups is 1. The number of esters is 1. The zero-order valence-electron chi connectivity index (χ0n) is 8.19. The van der Waals surface area contributed by atoms with Crippen molar-refractivity contribution in [1.29, 1.82) is 0 Å². The zero-order valence-corrected chi connectivity index (χ0v) is 8.19. The van der Waals surface area contributed by atoms with Gasteiger partial charge in [0.25, 0.3) is 5.91 Å². The van der Waals surface area contributed by atoms with Crippen LogP contribution in [-0.2, 0) is 4.74 Å². The van der Waals surface area contributed by atoms with Gasteiger partial charge in [0, 0.05) is 0 Å². The minimum absolute atomic E-state index is 0.0619. The number of rotatable bonds is 3. The molecule has 0 saturated carbocycles. The highest BCUT2D eigenvalue weighted by Crippen LogP contribution is 2.22. The first-order valence-electron chi connectivity index (χ1n) is 4.36. The van der Waals surface area contributed by atoms with Crippen molar-refractivity contribution in [2.75, 3.05) is 6.61 Å². The Bertz CT molecular complexity index is 400. The molecule has 5 heteroatoms. The van der Waals surface area contributed by atoms with Crippen molar-refractivity contribution >= 4 is 11.9 Å². The molecule has 0 saturated heterocycles. The van der Waals surface area contributed by atoms with Gasteiger partial charge in [0.05, 0.1) is 12.2 Å². The average molecular weight is 209 g/mol. The van der Waals surface area contributed by atoms with Crippen LogP contribution in [0.25, 0.3) is 0 Å². The predicted octanol–water partition coefficient (Wildman–Crippen LogP) is 0.668. The van der Waals surface area contributed by atoms with E-state index in [4.69, 9.17) is 10.5 Å². The molecule has 1 aromatic carbocycles. The monoisotopic (exact) mass is 209 g/mol. The molecule has 5 nitrogen and oxygen atoms in total. The Morgan fingerprint density at radius 3 is 2.53 bits per heavy atom. The van der Waals surface area contributed by atoms with Gasteiger partial charge in [-0.15, -0.1) is 0 Å². The number of hydrogen-bond donors (Lipinski definition) is 2. The molecule has 0 fully saturated rings. The smallest absolute Gasteiger partial charge is 0.341 e. The summed E-state index contributed by atoms with van der Waals surface area (Å²) in [6, 6.07) is 4.15. The van der Waals surface area contributed by atoms with Crippen LogP contribution in [0, 0.1) is 0 Å². The standard InChI is InChI=1S/C10H11NO4/c1-2-15-10(14)7-5-3-4-6(8(7)12)9(11)13/h3-5,12H,2H2,1H3,(H2,11,13). The van der Waals surface area contributed by atoms with Gasteiger partial charge in [-0.25, -0.2) is 4.79 Å². The van der Waals surface area contributed by atoms with E-state index in [1.54, 1.807) is 6.92 Å². The minimum atomic E-state index is -0.793. The number of carbonyl (C=O) groups excluding carboxylic acids is 2. The molecule has 0 aromatic heterocycles. The molecular weight excluding hydrogens is 198 g/mol. The van der Waals surface area contributed by atoms with Crippen molar-refractivity contribution in [3.63, 3.8) is 0 Å². The van der Waals surface area contributed by atoms with E-state index in [1.165, 1.54) is 18.2 Å². The Morgan fingerprint density at radius 2 is 2.00 bits per heavy atom. The van der Waals surface area contributed by atoms with E-state index in [0.29, 0.717) is 0 Å². The number of phenols is 1. The van der Waals surface area contributed by atoms with Gasteiger partial charge in [-0.3, -0.25) is 4.79 Å². The third-order valence-electron chi connectivity index (χ3n) is 1.80. The topological polar surface area (TPSA) is 89.6 Å². The van der Waals surface area contributed by atoms with Crippen molar-refractivity contribution in [3.05, 3.63) is 29.3 Å². The van der Waals surface area contributed by atoms with E-state index >= 15 is 0 Å². The van der Waals surface area contributed by atoms with Crippen molar-refractivity contribution < 1.29 is 19.4 Å². The second-order valence-corrected chi connectivity index (χ2v) is 2.79. The third kappa shape index (κ3) is 2.25. The van der Waals surface area contributed by atoms with Gasteiger partial charge in [-0.2, -0.15) is 0 Å². The van der Waals surface area contributed by atoms with Crippen molar-refractivity contribution in [2.45, 2.75) is 6.92 Å². The summed E-state index contributed by atoms with van der Waals surface area (Å²) in [5, 5.41) is 9.55. The van der Waals surface area contributed by atoms with Gasteiger partial charge >= 0.3 is 5.97 Å². The van der Waals surface area contributed by atoms with E-state index in [9.17, 15) is 14.7 Å². The quantitative estimate of drug-likeness (QED) is 0.716. The highest BCUT2D eigenvalue weighted by Gasteiger charge is 2.17. The van der Waals surface area contributed by atoms with Gasteiger partial charge in [-0.05, 0) is 19.1 Å². The van der Waals surface area contributed by atoms with Crippen LogP contribution < -0.4 is 5.73 Å². The lowest BCUT2D eigenvalue weighted by Gasteiger charge is -2.06. The molecule has 0 aliphatic heterocycles. The fourth-order valence-electron chi connectivity index (χ4n) is 1.12. The average Bonchev–Trinajstić information content (AvgIpc) is 2.17. The van der Waals surface area contributed by atoms with Crippen LogP contribution in [-0.4, -0.2) is 23.6 Å². The SMILES string of the molecule is CCOC(=O)c1cccc(C(N)=O)c1O. The number of amides is 1. The first-order valence-corrected chi connectivity index (χ1v) is 4.36. The second-order valence-electron chi connectivity index (χ2n) is 2.79. The molecule has 0 unspecified atom stereocenters. The number of hydrogen-bond acceptors (Lipinski definition) is 4. The molecule has 3 N–H and O–H groups in total. The molecule has 0 aliphatic carbocycles. The molecule has 15 heavy (non-hydrogen) atoms. The fraction of sp³-hybridized carbons (Fsp3) is 0.200. The lowest BCUT2D eigenvalue weighted by Crippen LogP contribution is -2.13. The molecule has 1 aromatic rings. The summed E-state index contributed by atoms with van der Waals surface area (Å²) >= 11 is 0. The van der Waals surface area contributed by atoms with E-state index in [0.717, 1.165) is 0 Å². The second kappa shape index (κ2) is 4.45. The van der Waals surface area contributed by atoms with Gasteiger partial charge < -0.3 is 15.6 Å². The molecule has 1 amide bonds. The van der Waals surface area contributed by atoms with Crippen LogP contribution in [0.5, 0.6) is 5.75 Å². The van der Waals surface area contributed by atoms with E-state index in [2.05, 4.69) is 0 Å². The Labute approximate surface area is 86.5 Å².